The molecule has 1 unspecified atom stereocenters. The van der Waals surface area contributed by atoms with Gasteiger partial charge in [-0.3, -0.25) is 0 Å². The number of hydrogen-bond acceptors (Lipinski definition) is 4. The normalized spacial score (nSPS) is 18.7. The number of fused-ring (bicyclic) bond motifs is 1. The molecule has 2 aromatic rings. The maximum absolute atomic E-state index is 9.48. The third-order valence-electron chi connectivity index (χ3n) is 4.22. The summed E-state index contributed by atoms with van der Waals surface area (Å²) in [6.07, 6.45) is 4.48. The van der Waals surface area contributed by atoms with Gasteiger partial charge in [0, 0.05) is 18.0 Å². The predicted molar refractivity (Wildman–Crippen MR) is 85.1 cm³/mol. The number of benzene rings is 1. The fourth-order valence-corrected chi connectivity index (χ4v) is 3.18. The molecule has 21 heavy (non-hydrogen) atoms. The number of nitriles is 1. The molecule has 2 N–H and O–H groups in total. The standard InChI is InChI=1S/C17H20N4/c18-9-8-15-6-3-4-10-21(15)17-14(12-19)11-13-5-1-2-7-16(13)20-17/h1-2,5,7,11,15H,3-4,6,8-10,18H2. The number of hydrogen-bond donors (Lipinski definition) is 1. The summed E-state index contributed by atoms with van der Waals surface area (Å²) in [6.45, 7) is 1.64. The molecule has 0 saturated carbocycles. The molecule has 108 valence electrons. The second-order valence-corrected chi connectivity index (χ2v) is 5.58. The summed E-state index contributed by atoms with van der Waals surface area (Å²) in [5, 5.41) is 10.5. The van der Waals surface area contributed by atoms with Crippen molar-refractivity contribution < 1.29 is 0 Å². The Morgan fingerprint density at radius 1 is 1.33 bits per heavy atom. The highest BCUT2D eigenvalue weighted by molar-refractivity contribution is 5.83. The van der Waals surface area contributed by atoms with Gasteiger partial charge in [0.2, 0.25) is 0 Å². The lowest BCUT2D eigenvalue weighted by atomic mass is 9.98. The van der Waals surface area contributed by atoms with Crippen LogP contribution >= 0.6 is 0 Å². The highest BCUT2D eigenvalue weighted by Crippen LogP contribution is 2.29. The van der Waals surface area contributed by atoms with E-state index in [1.807, 2.05) is 30.3 Å². The van der Waals surface area contributed by atoms with Gasteiger partial charge in [0.15, 0.2) is 0 Å². The van der Waals surface area contributed by atoms with Gasteiger partial charge in [0.05, 0.1) is 11.1 Å². The van der Waals surface area contributed by atoms with E-state index in [0.29, 0.717) is 18.2 Å². The predicted octanol–water partition coefficient (Wildman–Crippen LogP) is 2.81. The van der Waals surface area contributed by atoms with Gasteiger partial charge in [-0.1, -0.05) is 18.2 Å². The van der Waals surface area contributed by atoms with E-state index in [2.05, 4.69) is 11.0 Å². The Kier molecular flexibility index (Phi) is 4.03. The van der Waals surface area contributed by atoms with Crippen molar-refractivity contribution in [2.45, 2.75) is 31.7 Å². The molecular weight excluding hydrogens is 260 g/mol. The van der Waals surface area contributed by atoms with Gasteiger partial charge in [-0.15, -0.1) is 0 Å². The smallest absolute Gasteiger partial charge is 0.147 e. The molecule has 4 heteroatoms. The molecule has 1 fully saturated rings. The van der Waals surface area contributed by atoms with Gasteiger partial charge in [0.1, 0.15) is 11.9 Å². The summed E-state index contributed by atoms with van der Waals surface area (Å²) in [5.74, 6) is 0.828. The van der Waals surface area contributed by atoms with Crippen molar-refractivity contribution in [2.24, 2.45) is 5.73 Å². The van der Waals surface area contributed by atoms with Gasteiger partial charge >= 0.3 is 0 Å². The molecule has 1 aliphatic heterocycles. The molecule has 1 atom stereocenters. The fourth-order valence-electron chi connectivity index (χ4n) is 3.18. The van der Waals surface area contributed by atoms with Crippen molar-refractivity contribution in [3.8, 4) is 6.07 Å². The van der Waals surface area contributed by atoms with E-state index in [-0.39, 0.29) is 0 Å². The van der Waals surface area contributed by atoms with E-state index in [4.69, 9.17) is 10.7 Å². The Hall–Kier alpha value is -2.12. The quantitative estimate of drug-likeness (QED) is 0.939. The van der Waals surface area contributed by atoms with Gasteiger partial charge in [0.25, 0.3) is 0 Å². The second kappa shape index (κ2) is 6.11. The van der Waals surface area contributed by atoms with Crippen LogP contribution in [0.3, 0.4) is 0 Å². The number of nitrogens with zero attached hydrogens (tertiary/aromatic N) is 3. The van der Waals surface area contributed by atoms with Crippen molar-refractivity contribution in [2.75, 3.05) is 18.0 Å². The first-order valence-electron chi connectivity index (χ1n) is 7.60. The van der Waals surface area contributed by atoms with Crippen LogP contribution in [0.2, 0.25) is 0 Å². The molecule has 0 amide bonds. The minimum absolute atomic E-state index is 0.407. The van der Waals surface area contributed by atoms with Crippen molar-refractivity contribution in [1.29, 1.82) is 5.26 Å². The highest BCUT2D eigenvalue weighted by atomic mass is 15.2. The number of pyridine rings is 1. The van der Waals surface area contributed by atoms with Crippen molar-refractivity contribution in [3.05, 3.63) is 35.9 Å². The van der Waals surface area contributed by atoms with Gasteiger partial charge in [-0.05, 0) is 44.4 Å². The van der Waals surface area contributed by atoms with Crippen molar-refractivity contribution in [1.82, 2.24) is 4.98 Å². The summed E-state index contributed by atoms with van der Waals surface area (Å²) >= 11 is 0. The van der Waals surface area contributed by atoms with Crippen LogP contribution in [0.4, 0.5) is 5.82 Å². The van der Waals surface area contributed by atoms with Crippen molar-refractivity contribution >= 4 is 16.7 Å². The average Bonchev–Trinajstić information content (AvgIpc) is 2.54. The molecule has 3 rings (SSSR count). The number of rotatable bonds is 3. The molecule has 1 aromatic carbocycles. The summed E-state index contributed by atoms with van der Waals surface area (Å²) in [5.41, 5.74) is 7.36. The Balaban J connectivity index is 2.07. The van der Waals surface area contributed by atoms with Crippen LogP contribution in [-0.4, -0.2) is 24.1 Å². The maximum Gasteiger partial charge on any atom is 0.147 e. The molecule has 4 nitrogen and oxygen atoms in total. The largest absolute Gasteiger partial charge is 0.352 e. The summed E-state index contributed by atoms with van der Waals surface area (Å²) in [6, 6.07) is 12.6. The molecule has 0 bridgehead atoms. The molecular formula is C17H20N4. The topological polar surface area (TPSA) is 65.9 Å². The van der Waals surface area contributed by atoms with Crippen LogP contribution in [-0.2, 0) is 0 Å². The molecule has 2 heterocycles. The van der Waals surface area contributed by atoms with E-state index in [9.17, 15) is 5.26 Å². The third kappa shape index (κ3) is 2.70. The fraction of sp³-hybridized carbons (Fsp3) is 0.412. The zero-order chi connectivity index (χ0) is 14.7. The van der Waals surface area contributed by atoms with Crippen LogP contribution in [0.1, 0.15) is 31.2 Å². The van der Waals surface area contributed by atoms with Crippen molar-refractivity contribution in [3.63, 3.8) is 0 Å². The maximum atomic E-state index is 9.48. The van der Waals surface area contributed by atoms with Crippen LogP contribution in [0.25, 0.3) is 10.9 Å². The first kappa shape index (κ1) is 13.8. The first-order valence-corrected chi connectivity index (χ1v) is 7.60. The van der Waals surface area contributed by atoms with E-state index in [0.717, 1.165) is 42.5 Å². The van der Waals surface area contributed by atoms with E-state index in [1.54, 1.807) is 0 Å². The van der Waals surface area contributed by atoms with Gasteiger partial charge in [-0.25, -0.2) is 4.98 Å². The zero-order valence-corrected chi connectivity index (χ0v) is 12.1. The summed E-state index contributed by atoms with van der Waals surface area (Å²) in [4.78, 5) is 7.06. The molecule has 0 spiro atoms. The number of anilines is 1. The zero-order valence-electron chi connectivity index (χ0n) is 12.1. The third-order valence-corrected chi connectivity index (χ3v) is 4.22. The van der Waals surface area contributed by atoms with E-state index < -0.39 is 0 Å². The van der Waals surface area contributed by atoms with E-state index in [1.165, 1.54) is 6.42 Å². The van der Waals surface area contributed by atoms with Crippen LogP contribution in [0, 0.1) is 11.3 Å². The lowest BCUT2D eigenvalue weighted by Crippen LogP contribution is -2.41. The minimum Gasteiger partial charge on any atom is -0.352 e. The van der Waals surface area contributed by atoms with Gasteiger partial charge < -0.3 is 10.6 Å². The van der Waals surface area contributed by atoms with Gasteiger partial charge in [-0.2, -0.15) is 5.26 Å². The molecule has 1 aromatic heterocycles. The SMILES string of the molecule is N#Cc1cc2ccccc2nc1N1CCCCC1CCN. The Labute approximate surface area is 125 Å². The average molecular weight is 280 g/mol. The Morgan fingerprint density at radius 3 is 3.00 bits per heavy atom. The van der Waals surface area contributed by atoms with Crippen LogP contribution < -0.4 is 10.6 Å². The summed E-state index contributed by atoms with van der Waals surface area (Å²) < 4.78 is 0. The number of aromatic nitrogens is 1. The molecule has 1 aliphatic rings. The lowest BCUT2D eigenvalue weighted by Gasteiger charge is -2.37. The lowest BCUT2D eigenvalue weighted by molar-refractivity contribution is 0.439. The molecule has 0 aliphatic carbocycles. The van der Waals surface area contributed by atoms with E-state index >= 15 is 0 Å². The first-order chi connectivity index (χ1) is 10.3. The minimum atomic E-state index is 0.407. The molecule has 1 saturated heterocycles. The van der Waals surface area contributed by atoms with Crippen LogP contribution in [0.5, 0.6) is 0 Å². The Bertz CT molecular complexity index is 672. The Morgan fingerprint density at radius 2 is 2.19 bits per heavy atom. The van der Waals surface area contributed by atoms with Crippen LogP contribution in [0.15, 0.2) is 30.3 Å². The summed E-state index contributed by atoms with van der Waals surface area (Å²) in [7, 11) is 0. The number of piperidine rings is 1. The second-order valence-electron chi connectivity index (χ2n) is 5.58. The highest BCUT2D eigenvalue weighted by Gasteiger charge is 2.25. The number of para-hydroxylation sites is 1. The molecule has 0 radical (unpaired) electrons. The number of nitrogens with two attached hydrogens (primary N) is 1. The monoisotopic (exact) mass is 280 g/mol.